The molecule has 1 amide bonds. The van der Waals surface area contributed by atoms with Crippen LogP contribution >= 0.6 is 0 Å². The highest BCUT2D eigenvalue weighted by Crippen LogP contribution is 2.18. The van der Waals surface area contributed by atoms with Crippen molar-refractivity contribution in [2.75, 3.05) is 19.6 Å². The Kier molecular flexibility index (Phi) is 4.45. The van der Waals surface area contributed by atoms with Crippen LogP contribution in [0.5, 0.6) is 0 Å². The maximum absolute atomic E-state index is 12.5. The van der Waals surface area contributed by atoms with Crippen molar-refractivity contribution in [1.29, 1.82) is 0 Å². The number of hydrogen-bond acceptors (Lipinski definition) is 3. The number of piperazine rings is 1. The topological polar surface area (TPSA) is 56.4 Å². The van der Waals surface area contributed by atoms with Crippen LogP contribution < -0.4 is 5.43 Å². The molecule has 1 aliphatic heterocycles. The molecular formula is C19H25N3O2. The third-order valence-corrected chi connectivity index (χ3v) is 4.97. The van der Waals surface area contributed by atoms with E-state index in [1.54, 1.807) is 6.07 Å². The second-order valence-electron chi connectivity index (χ2n) is 6.73. The van der Waals surface area contributed by atoms with Gasteiger partial charge in [-0.25, -0.2) is 0 Å². The van der Waals surface area contributed by atoms with Gasteiger partial charge in [-0.1, -0.05) is 6.07 Å². The Morgan fingerprint density at radius 1 is 1.17 bits per heavy atom. The molecule has 1 fully saturated rings. The number of nitrogens with one attached hydrogen (secondary N) is 1. The molecule has 0 aliphatic carbocycles. The van der Waals surface area contributed by atoms with E-state index in [1.807, 2.05) is 38.7 Å². The Morgan fingerprint density at radius 2 is 1.92 bits per heavy atom. The minimum absolute atomic E-state index is 0.0386. The lowest BCUT2D eigenvalue weighted by atomic mass is 10.1. The van der Waals surface area contributed by atoms with E-state index in [-0.39, 0.29) is 17.4 Å². The number of fused-ring (bicyclic) bond motifs is 1. The van der Waals surface area contributed by atoms with Gasteiger partial charge in [-0.2, -0.15) is 0 Å². The van der Waals surface area contributed by atoms with Crippen molar-refractivity contribution in [2.45, 2.75) is 40.3 Å². The third kappa shape index (κ3) is 2.96. The molecular weight excluding hydrogens is 302 g/mol. The molecule has 0 saturated carbocycles. The van der Waals surface area contributed by atoms with Crippen molar-refractivity contribution in [3.05, 3.63) is 45.2 Å². The van der Waals surface area contributed by atoms with Crippen molar-refractivity contribution >= 4 is 16.8 Å². The number of pyridine rings is 1. The van der Waals surface area contributed by atoms with Crippen LogP contribution in [-0.4, -0.2) is 46.4 Å². The average Bonchev–Trinajstić information content (AvgIpc) is 2.53. The molecule has 1 aliphatic rings. The van der Waals surface area contributed by atoms with Gasteiger partial charge < -0.3 is 9.88 Å². The summed E-state index contributed by atoms with van der Waals surface area (Å²) < 4.78 is 0. The summed E-state index contributed by atoms with van der Waals surface area (Å²) in [5, 5.41) is 0.733. The number of likely N-dealkylation sites (N-methyl/N-ethyl adjacent to an activating group) is 1. The summed E-state index contributed by atoms with van der Waals surface area (Å²) >= 11 is 0. The zero-order valence-corrected chi connectivity index (χ0v) is 14.8. The predicted octanol–water partition coefficient (Wildman–Crippen LogP) is 2.20. The van der Waals surface area contributed by atoms with Crippen LogP contribution in [0.1, 0.15) is 30.7 Å². The molecule has 0 radical (unpaired) electrons. The number of H-pyrrole nitrogens is 1. The standard InChI is InChI=1S/C19H25N3O2/c1-5-21-6-7-22(14(4)19(21)24)11-15-10-17(23)16-9-12(2)8-13(3)18(16)20-15/h8-10,14H,5-7,11H2,1-4H3,(H,20,23)/t14-/m0/s1. The molecule has 24 heavy (non-hydrogen) atoms. The molecule has 3 rings (SSSR count). The Balaban J connectivity index is 1.91. The number of aromatic nitrogens is 1. The number of carbonyl (C=O) groups is 1. The van der Waals surface area contributed by atoms with Gasteiger partial charge in [0.25, 0.3) is 0 Å². The highest BCUT2D eigenvalue weighted by Gasteiger charge is 2.30. The van der Waals surface area contributed by atoms with Crippen LogP contribution in [0.2, 0.25) is 0 Å². The van der Waals surface area contributed by atoms with Gasteiger partial charge in [-0.05, 0) is 44.9 Å². The largest absolute Gasteiger partial charge is 0.357 e. The number of hydrogen-bond donors (Lipinski definition) is 1. The number of aromatic amines is 1. The smallest absolute Gasteiger partial charge is 0.239 e. The zero-order valence-electron chi connectivity index (χ0n) is 14.8. The first-order valence-electron chi connectivity index (χ1n) is 8.56. The van der Waals surface area contributed by atoms with Crippen LogP contribution in [0.15, 0.2) is 23.0 Å². The molecule has 0 spiro atoms. The number of amides is 1. The molecule has 2 heterocycles. The van der Waals surface area contributed by atoms with Gasteiger partial charge >= 0.3 is 0 Å². The highest BCUT2D eigenvalue weighted by atomic mass is 16.2. The van der Waals surface area contributed by atoms with Gasteiger partial charge in [0.1, 0.15) is 0 Å². The summed E-state index contributed by atoms with van der Waals surface area (Å²) in [5.41, 5.74) is 3.96. The minimum Gasteiger partial charge on any atom is -0.357 e. The second-order valence-corrected chi connectivity index (χ2v) is 6.73. The molecule has 1 N–H and O–H groups in total. The number of benzene rings is 1. The average molecular weight is 327 g/mol. The zero-order chi connectivity index (χ0) is 17.4. The van der Waals surface area contributed by atoms with Gasteiger partial charge in [-0.15, -0.1) is 0 Å². The van der Waals surface area contributed by atoms with E-state index >= 15 is 0 Å². The van der Waals surface area contributed by atoms with E-state index in [9.17, 15) is 9.59 Å². The first kappa shape index (κ1) is 16.7. The minimum atomic E-state index is -0.156. The van der Waals surface area contributed by atoms with Crippen molar-refractivity contribution in [3.8, 4) is 0 Å². The van der Waals surface area contributed by atoms with Crippen LogP contribution in [0.3, 0.4) is 0 Å². The normalized spacial score (nSPS) is 19.2. The van der Waals surface area contributed by atoms with E-state index < -0.39 is 0 Å². The van der Waals surface area contributed by atoms with Gasteiger partial charge in [0.2, 0.25) is 5.91 Å². The molecule has 0 bridgehead atoms. The van der Waals surface area contributed by atoms with Crippen LogP contribution in [-0.2, 0) is 11.3 Å². The number of rotatable bonds is 3. The molecule has 1 aromatic carbocycles. The van der Waals surface area contributed by atoms with E-state index in [0.717, 1.165) is 47.4 Å². The molecule has 2 aromatic rings. The lowest BCUT2D eigenvalue weighted by Crippen LogP contribution is -2.55. The van der Waals surface area contributed by atoms with Crippen molar-refractivity contribution in [1.82, 2.24) is 14.8 Å². The van der Waals surface area contributed by atoms with E-state index in [2.05, 4.69) is 16.0 Å². The summed E-state index contributed by atoms with van der Waals surface area (Å²) in [6, 6.07) is 5.52. The maximum Gasteiger partial charge on any atom is 0.239 e. The molecule has 0 unspecified atom stereocenters. The predicted molar refractivity (Wildman–Crippen MR) is 96.2 cm³/mol. The maximum atomic E-state index is 12.5. The number of nitrogens with zero attached hydrogens (tertiary/aromatic N) is 2. The fourth-order valence-electron chi connectivity index (χ4n) is 3.57. The summed E-state index contributed by atoms with van der Waals surface area (Å²) in [6.07, 6.45) is 0. The summed E-state index contributed by atoms with van der Waals surface area (Å²) in [6.45, 7) is 10.9. The van der Waals surface area contributed by atoms with Crippen molar-refractivity contribution in [3.63, 3.8) is 0 Å². The Hall–Kier alpha value is -2.14. The molecule has 5 heteroatoms. The van der Waals surface area contributed by atoms with Crippen LogP contribution in [0, 0.1) is 13.8 Å². The van der Waals surface area contributed by atoms with Gasteiger partial charge in [0.15, 0.2) is 5.43 Å². The quantitative estimate of drug-likeness (QED) is 0.940. The fraction of sp³-hybridized carbons (Fsp3) is 0.474. The van der Waals surface area contributed by atoms with Crippen molar-refractivity contribution in [2.24, 2.45) is 0 Å². The molecule has 1 saturated heterocycles. The fourth-order valence-corrected chi connectivity index (χ4v) is 3.57. The molecule has 5 nitrogen and oxygen atoms in total. The van der Waals surface area contributed by atoms with Crippen LogP contribution in [0.4, 0.5) is 0 Å². The van der Waals surface area contributed by atoms with Gasteiger partial charge in [-0.3, -0.25) is 14.5 Å². The van der Waals surface area contributed by atoms with E-state index in [1.165, 1.54) is 0 Å². The van der Waals surface area contributed by atoms with Gasteiger partial charge in [0, 0.05) is 43.3 Å². The lowest BCUT2D eigenvalue weighted by molar-refractivity contribution is -0.141. The highest BCUT2D eigenvalue weighted by molar-refractivity contribution is 5.83. The van der Waals surface area contributed by atoms with Crippen LogP contribution in [0.25, 0.3) is 10.9 Å². The monoisotopic (exact) mass is 327 g/mol. The molecule has 1 atom stereocenters. The number of carbonyl (C=O) groups excluding carboxylic acids is 1. The first-order chi connectivity index (χ1) is 11.4. The third-order valence-electron chi connectivity index (χ3n) is 4.97. The van der Waals surface area contributed by atoms with E-state index in [4.69, 9.17) is 0 Å². The van der Waals surface area contributed by atoms with E-state index in [0.29, 0.717) is 6.54 Å². The molecule has 128 valence electrons. The second kappa shape index (κ2) is 6.40. The lowest BCUT2D eigenvalue weighted by Gasteiger charge is -2.38. The summed E-state index contributed by atoms with van der Waals surface area (Å²) in [7, 11) is 0. The Morgan fingerprint density at radius 3 is 2.62 bits per heavy atom. The number of aryl methyl sites for hydroxylation is 2. The first-order valence-corrected chi connectivity index (χ1v) is 8.56. The SMILES string of the molecule is CCN1CCN(Cc2cc(=O)c3cc(C)cc(C)c3[nH]2)[C@@H](C)C1=O. The Bertz CT molecular complexity index is 840. The van der Waals surface area contributed by atoms with Crippen molar-refractivity contribution < 1.29 is 4.79 Å². The summed E-state index contributed by atoms with van der Waals surface area (Å²) in [5.74, 6) is 0.165. The Labute approximate surface area is 142 Å². The summed E-state index contributed by atoms with van der Waals surface area (Å²) in [4.78, 5) is 32.2. The van der Waals surface area contributed by atoms with Gasteiger partial charge in [0.05, 0.1) is 11.6 Å². The molecule has 1 aromatic heterocycles.